The largest absolute Gasteiger partial charge is 0.480 e. The number of aromatic nitrogens is 2. The standard InChI is InChI=1S/C8H11N3O4/c1-11-7(14)5(3-10-8(11)15)2-9-4-6(12)13/h3,9H,2,4H2,1H3,(H,10,15)(H,12,13). The molecule has 1 aromatic heterocycles. The topological polar surface area (TPSA) is 104 Å². The van der Waals surface area contributed by atoms with Gasteiger partial charge in [-0.15, -0.1) is 0 Å². The minimum atomic E-state index is -1.00. The summed E-state index contributed by atoms with van der Waals surface area (Å²) in [4.78, 5) is 34.9. The predicted molar refractivity (Wildman–Crippen MR) is 51.6 cm³/mol. The third-order valence-electron chi connectivity index (χ3n) is 1.85. The number of carboxylic acid groups (broad SMARTS) is 1. The van der Waals surface area contributed by atoms with Gasteiger partial charge >= 0.3 is 11.7 Å². The van der Waals surface area contributed by atoms with Gasteiger partial charge in [-0.1, -0.05) is 0 Å². The van der Waals surface area contributed by atoms with E-state index < -0.39 is 17.2 Å². The van der Waals surface area contributed by atoms with Crippen molar-refractivity contribution >= 4 is 5.97 Å². The molecule has 82 valence electrons. The van der Waals surface area contributed by atoms with Crippen molar-refractivity contribution in [2.75, 3.05) is 6.54 Å². The molecule has 0 atom stereocenters. The van der Waals surface area contributed by atoms with Gasteiger partial charge in [0.25, 0.3) is 5.56 Å². The minimum Gasteiger partial charge on any atom is -0.480 e. The van der Waals surface area contributed by atoms with Crippen molar-refractivity contribution in [1.82, 2.24) is 14.9 Å². The third-order valence-corrected chi connectivity index (χ3v) is 1.85. The van der Waals surface area contributed by atoms with Gasteiger partial charge in [-0.2, -0.15) is 0 Å². The van der Waals surface area contributed by atoms with E-state index in [0.29, 0.717) is 5.56 Å². The fourth-order valence-corrected chi connectivity index (χ4v) is 1.05. The molecule has 0 spiro atoms. The van der Waals surface area contributed by atoms with Crippen LogP contribution in [0.25, 0.3) is 0 Å². The van der Waals surface area contributed by atoms with E-state index in [0.717, 1.165) is 4.57 Å². The molecule has 1 heterocycles. The van der Waals surface area contributed by atoms with E-state index in [9.17, 15) is 14.4 Å². The average Bonchev–Trinajstić information content (AvgIpc) is 2.18. The van der Waals surface area contributed by atoms with Gasteiger partial charge in [0.05, 0.1) is 6.54 Å². The second-order valence-corrected chi connectivity index (χ2v) is 2.98. The molecule has 15 heavy (non-hydrogen) atoms. The summed E-state index contributed by atoms with van der Waals surface area (Å²) in [7, 11) is 1.35. The van der Waals surface area contributed by atoms with Crippen LogP contribution in [-0.4, -0.2) is 27.2 Å². The summed E-state index contributed by atoms with van der Waals surface area (Å²) in [6.45, 7) is -0.127. The number of hydrogen-bond acceptors (Lipinski definition) is 4. The Balaban J connectivity index is 2.79. The van der Waals surface area contributed by atoms with E-state index in [1.165, 1.54) is 13.2 Å². The second-order valence-electron chi connectivity index (χ2n) is 2.98. The zero-order valence-corrected chi connectivity index (χ0v) is 8.11. The number of aliphatic carboxylic acids is 1. The zero-order chi connectivity index (χ0) is 11.4. The summed E-state index contributed by atoms with van der Waals surface area (Å²) >= 11 is 0. The summed E-state index contributed by atoms with van der Waals surface area (Å²) in [5.74, 6) is -1.00. The Bertz CT molecular complexity index is 474. The van der Waals surface area contributed by atoms with Crippen LogP contribution in [0.15, 0.2) is 15.8 Å². The van der Waals surface area contributed by atoms with Crippen molar-refractivity contribution in [2.24, 2.45) is 7.05 Å². The number of rotatable bonds is 4. The first-order valence-electron chi connectivity index (χ1n) is 4.22. The highest BCUT2D eigenvalue weighted by atomic mass is 16.4. The van der Waals surface area contributed by atoms with Crippen LogP contribution < -0.4 is 16.6 Å². The van der Waals surface area contributed by atoms with Gasteiger partial charge in [-0.3, -0.25) is 14.2 Å². The van der Waals surface area contributed by atoms with Crippen molar-refractivity contribution < 1.29 is 9.90 Å². The van der Waals surface area contributed by atoms with Gasteiger partial charge in [-0.05, 0) is 0 Å². The Kier molecular flexibility index (Phi) is 3.40. The molecule has 0 saturated carbocycles. The normalized spacial score (nSPS) is 10.2. The van der Waals surface area contributed by atoms with Crippen LogP contribution >= 0.6 is 0 Å². The lowest BCUT2D eigenvalue weighted by molar-refractivity contribution is -0.135. The first-order chi connectivity index (χ1) is 7.02. The van der Waals surface area contributed by atoms with E-state index in [1.807, 2.05) is 0 Å². The SMILES string of the molecule is Cn1c(=O)[nH]cc(CNCC(=O)O)c1=O. The summed E-state index contributed by atoms with van der Waals surface area (Å²) in [6, 6.07) is 0. The van der Waals surface area contributed by atoms with Crippen LogP contribution in [0.2, 0.25) is 0 Å². The van der Waals surface area contributed by atoms with Crippen LogP contribution in [0, 0.1) is 0 Å². The van der Waals surface area contributed by atoms with Gasteiger partial charge < -0.3 is 15.4 Å². The molecule has 7 nitrogen and oxygen atoms in total. The fraction of sp³-hybridized carbons (Fsp3) is 0.375. The van der Waals surface area contributed by atoms with Crippen LogP contribution in [0.3, 0.4) is 0 Å². The van der Waals surface area contributed by atoms with Crippen LogP contribution in [0.1, 0.15) is 5.56 Å². The van der Waals surface area contributed by atoms with Gasteiger partial charge in [0, 0.05) is 25.4 Å². The lowest BCUT2D eigenvalue weighted by Crippen LogP contribution is -2.36. The monoisotopic (exact) mass is 213 g/mol. The van der Waals surface area contributed by atoms with Crippen molar-refractivity contribution in [3.8, 4) is 0 Å². The Hall–Kier alpha value is -1.89. The second kappa shape index (κ2) is 4.56. The quantitative estimate of drug-likeness (QED) is 0.550. The summed E-state index contributed by atoms with van der Waals surface area (Å²) in [5.41, 5.74) is -0.614. The van der Waals surface area contributed by atoms with Gasteiger partial charge in [0.2, 0.25) is 0 Å². The molecule has 0 fully saturated rings. The number of carbonyl (C=O) groups is 1. The summed E-state index contributed by atoms with van der Waals surface area (Å²) in [6.07, 6.45) is 1.28. The molecule has 0 aliphatic heterocycles. The summed E-state index contributed by atoms with van der Waals surface area (Å²) in [5, 5.41) is 10.9. The highest BCUT2D eigenvalue weighted by Crippen LogP contribution is 1.83. The first-order valence-corrected chi connectivity index (χ1v) is 4.22. The summed E-state index contributed by atoms with van der Waals surface area (Å²) < 4.78 is 0.928. The molecule has 1 aromatic rings. The van der Waals surface area contributed by atoms with Crippen molar-refractivity contribution in [1.29, 1.82) is 0 Å². The molecule has 0 amide bonds. The van der Waals surface area contributed by atoms with Crippen molar-refractivity contribution in [3.63, 3.8) is 0 Å². The molecule has 3 N–H and O–H groups in total. The molecule has 0 aliphatic rings. The van der Waals surface area contributed by atoms with E-state index in [-0.39, 0.29) is 13.1 Å². The molecule has 0 radical (unpaired) electrons. The number of carboxylic acids is 1. The van der Waals surface area contributed by atoms with E-state index >= 15 is 0 Å². The number of nitrogens with zero attached hydrogens (tertiary/aromatic N) is 1. The molecular weight excluding hydrogens is 202 g/mol. The van der Waals surface area contributed by atoms with E-state index in [1.54, 1.807) is 0 Å². The Morgan fingerprint density at radius 1 is 1.60 bits per heavy atom. The number of aromatic amines is 1. The minimum absolute atomic E-state index is 0.107. The Morgan fingerprint density at radius 3 is 2.87 bits per heavy atom. The maximum atomic E-state index is 11.4. The Labute approximate surface area is 84.4 Å². The molecular formula is C8H11N3O4. The third kappa shape index (κ3) is 2.78. The van der Waals surface area contributed by atoms with Crippen LogP contribution in [-0.2, 0) is 18.4 Å². The van der Waals surface area contributed by atoms with Gasteiger partial charge in [-0.25, -0.2) is 4.79 Å². The maximum Gasteiger partial charge on any atom is 0.328 e. The van der Waals surface area contributed by atoms with Gasteiger partial charge in [0.15, 0.2) is 0 Å². The van der Waals surface area contributed by atoms with E-state index in [2.05, 4.69) is 10.3 Å². The number of H-pyrrole nitrogens is 1. The molecule has 0 saturated heterocycles. The maximum absolute atomic E-state index is 11.4. The van der Waals surface area contributed by atoms with Gasteiger partial charge in [0.1, 0.15) is 0 Å². The van der Waals surface area contributed by atoms with Crippen molar-refractivity contribution in [2.45, 2.75) is 6.54 Å². The number of nitrogens with one attached hydrogen (secondary N) is 2. The molecule has 0 unspecified atom stereocenters. The zero-order valence-electron chi connectivity index (χ0n) is 8.11. The van der Waals surface area contributed by atoms with Crippen molar-refractivity contribution in [3.05, 3.63) is 32.6 Å². The first kappa shape index (κ1) is 11.2. The molecule has 0 aliphatic carbocycles. The van der Waals surface area contributed by atoms with Crippen LogP contribution in [0.5, 0.6) is 0 Å². The Morgan fingerprint density at radius 2 is 2.27 bits per heavy atom. The molecule has 1 rings (SSSR count). The average molecular weight is 213 g/mol. The fourth-order valence-electron chi connectivity index (χ4n) is 1.05. The highest BCUT2D eigenvalue weighted by Gasteiger charge is 2.04. The smallest absolute Gasteiger partial charge is 0.328 e. The lowest BCUT2D eigenvalue weighted by Gasteiger charge is -2.02. The molecule has 0 aromatic carbocycles. The molecule has 0 bridgehead atoms. The highest BCUT2D eigenvalue weighted by molar-refractivity contribution is 5.68. The predicted octanol–water partition coefficient (Wildman–Crippen LogP) is -1.75. The van der Waals surface area contributed by atoms with E-state index in [4.69, 9.17) is 5.11 Å². The molecule has 7 heteroatoms. The van der Waals surface area contributed by atoms with Crippen LogP contribution in [0.4, 0.5) is 0 Å². The lowest BCUT2D eigenvalue weighted by atomic mass is 10.3. The number of hydrogen-bond donors (Lipinski definition) is 3.